The fourth-order valence-corrected chi connectivity index (χ4v) is 2.86. The molecule has 20 heavy (non-hydrogen) atoms. The Morgan fingerprint density at radius 1 is 1.15 bits per heavy atom. The van der Waals surface area contributed by atoms with Gasteiger partial charge in [0, 0.05) is 17.2 Å². The van der Waals surface area contributed by atoms with Gasteiger partial charge in [0.1, 0.15) is 0 Å². The molecule has 0 heterocycles. The molecule has 4 heteroatoms. The van der Waals surface area contributed by atoms with Crippen molar-refractivity contribution in [2.24, 2.45) is 0 Å². The number of benzene rings is 2. The van der Waals surface area contributed by atoms with Gasteiger partial charge in [0.25, 0.3) is 5.69 Å². The minimum Gasteiger partial charge on any atom is -0.258 e. The van der Waals surface area contributed by atoms with Gasteiger partial charge in [0.15, 0.2) is 0 Å². The van der Waals surface area contributed by atoms with Gasteiger partial charge in [-0.25, -0.2) is 0 Å². The van der Waals surface area contributed by atoms with Crippen molar-refractivity contribution >= 4 is 22.9 Å². The number of fused-ring (bicyclic) bond motifs is 1. The summed E-state index contributed by atoms with van der Waals surface area (Å²) in [5.74, 6) is 0. The van der Waals surface area contributed by atoms with Crippen LogP contribution in [0.5, 0.6) is 0 Å². The van der Waals surface area contributed by atoms with Crippen LogP contribution in [0.25, 0.3) is 5.57 Å². The maximum absolute atomic E-state index is 10.7. The molecule has 100 valence electrons. The van der Waals surface area contributed by atoms with Crippen LogP contribution in [0.4, 0.5) is 5.69 Å². The number of nitro benzene ring substituents is 1. The first-order valence-electron chi connectivity index (χ1n) is 6.29. The van der Waals surface area contributed by atoms with E-state index in [2.05, 4.69) is 6.92 Å². The van der Waals surface area contributed by atoms with Gasteiger partial charge >= 0.3 is 0 Å². The van der Waals surface area contributed by atoms with Gasteiger partial charge in [-0.15, -0.1) is 0 Å². The lowest BCUT2D eigenvalue weighted by Gasteiger charge is -2.07. The Labute approximate surface area is 121 Å². The molecule has 0 unspecified atom stereocenters. The highest BCUT2D eigenvalue weighted by Crippen LogP contribution is 2.38. The number of halogens is 1. The Morgan fingerprint density at radius 3 is 2.50 bits per heavy atom. The molecule has 0 aromatic heterocycles. The van der Waals surface area contributed by atoms with Crippen LogP contribution in [0.1, 0.15) is 23.6 Å². The maximum atomic E-state index is 10.7. The van der Waals surface area contributed by atoms with E-state index in [0.717, 1.165) is 23.1 Å². The summed E-state index contributed by atoms with van der Waals surface area (Å²) in [6, 6.07) is 12.6. The Morgan fingerprint density at radius 2 is 1.85 bits per heavy atom. The average Bonchev–Trinajstić information content (AvgIpc) is 2.74. The summed E-state index contributed by atoms with van der Waals surface area (Å²) in [6.45, 7) is 2.09. The topological polar surface area (TPSA) is 43.1 Å². The summed E-state index contributed by atoms with van der Waals surface area (Å²) in [5.41, 5.74) is 5.88. The van der Waals surface area contributed by atoms with Crippen LogP contribution in [-0.2, 0) is 6.42 Å². The molecule has 0 atom stereocenters. The van der Waals surface area contributed by atoms with Gasteiger partial charge < -0.3 is 0 Å². The molecule has 3 rings (SSSR count). The van der Waals surface area contributed by atoms with Crippen LogP contribution in [0.15, 0.2) is 48.0 Å². The molecule has 1 aliphatic rings. The van der Waals surface area contributed by atoms with Crippen molar-refractivity contribution in [3.8, 4) is 0 Å². The Kier molecular flexibility index (Phi) is 3.07. The van der Waals surface area contributed by atoms with E-state index in [4.69, 9.17) is 11.6 Å². The first-order valence-corrected chi connectivity index (χ1v) is 6.67. The number of hydrogen-bond acceptors (Lipinski definition) is 2. The first kappa shape index (κ1) is 12.9. The Balaban J connectivity index is 2.09. The summed E-state index contributed by atoms with van der Waals surface area (Å²) in [6.07, 6.45) is 0.902. The zero-order chi connectivity index (χ0) is 14.3. The lowest BCUT2D eigenvalue weighted by atomic mass is 9.98. The molecule has 0 aliphatic heterocycles. The van der Waals surface area contributed by atoms with Crippen molar-refractivity contribution < 1.29 is 4.92 Å². The van der Waals surface area contributed by atoms with Crippen LogP contribution >= 0.6 is 11.6 Å². The number of non-ortho nitro benzene ring substituents is 1. The van der Waals surface area contributed by atoms with Gasteiger partial charge in [-0.3, -0.25) is 10.1 Å². The van der Waals surface area contributed by atoms with Gasteiger partial charge in [-0.1, -0.05) is 23.2 Å². The van der Waals surface area contributed by atoms with Crippen molar-refractivity contribution in [2.45, 2.75) is 13.3 Å². The second-order valence-corrected chi connectivity index (χ2v) is 5.37. The molecular weight excluding hydrogens is 274 g/mol. The van der Waals surface area contributed by atoms with Crippen molar-refractivity contribution in [1.82, 2.24) is 0 Å². The molecule has 0 fully saturated rings. The molecule has 2 aromatic rings. The Hall–Kier alpha value is -2.13. The molecule has 1 aliphatic carbocycles. The van der Waals surface area contributed by atoms with Crippen LogP contribution in [0.2, 0.25) is 5.02 Å². The van der Waals surface area contributed by atoms with Crippen LogP contribution < -0.4 is 0 Å². The minimum atomic E-state index is -0.384. The zero-order valence-electron chi connectivity index (χ0n) is 10.9. The minimum absolute atomic E-state index is 0.108. The summed E-state index contributed by atoms with van der Waals surface area (Å²) in [5, 5.41) is 11.4. The number of rotatable bonds is 2. The lowest BCUT2D eigenvalue weighted by molar-refractivity contribution is -0.384. The van der Waals surface area contributed by atoms with Crippen LogP contribution in [-0.4, -0.2) is 4.92 Å². The second-order valence-electron chi connectivity index (χ2n) is 4.94. The largest absolute Gasteiger partial charge is 0.269 e. The van der Waals surface area contributed by atoms with E-state index in [9.17, 15) is 10.1 Å². The molecule has 2 aromatic carbocycles. The third-order valence-corrected chi connectivity index (χ3v) is 3.83. The summed E-state index contributed by atoms with van der Waals surface area (Å²) in [7, 11) is 0. The van der Waals surface area contributed by atoms with Crippen molar-refractivity contribution in [1.29, 1.82) is 0 Å². The first-order chi connectivity index (χ1) is 9.56. The van der Waals surface area contributed by atoms with E-state index in [-0.39, 0.29) is 10.6 Å². The molecule has 0 saturated heterocycles. The molecule has 0 amide bonds. The number of hydrogen-bond donors (Lipinski definition) is 0. The highest BCUT2D eigenvalue weighted by Gasteiger charge is 2.20. The van der Waals surface area contributed by atoms with Gasteiger partial charge in [0.05, 0.1) is 4.92 Å². The van der Waals surface area contributed by atoms with Crippen LogP contribution in [0, 0.1) is 10.1 Å². The Bertz CT molecular complexity index is 733. The normalized spacial score (nSPS) is 13.5. The number of allylic oxidation sites excluding steroid dienone is 1. The fraction of sp³-hybridized carbons (Fsp3) is 0.125. The summed E-state index contributed by atoms with van der Waals surface area (Å²) >= 11 is 6.08. The molecule has 0 N–H and O–H groups in total. The SMILES string of the molecule is CC1=C(c2ccc([N+](=O)[O-])cc2)c2cc(Cl)ccc2C1. The van der Waals surface area contributed by atoms with Crippen LogP contribution in [0.3, 0.4) is 0 Å². The molecular formula is C16H12ClNO2. The summed E-state index contributed by atoms with van der Waals surface area (Å²) < 4.78 is 0. The van der Waals surface area contributed by atoms with E-state index < -0.39 is 0 Å². The van der Waals surface area contributed by atoms with Crippen molar-refractivity contribution in [3.05, 3.63) is 79.9 Å². The maximum Gasteiger partial charge on any atom is 0.269 e. The summed E-state index contributed by atoms with van der Waals surface area (Å²) in [4.78, 5) is 10.3. The molecule has 0 saturated carbocycles. The van der Waals surface area contributed by atoms with Gasteiger partial charge in [0.2, 0.25) is 0 Å². The molecule has 0 radical (unpaired) electrons. The van der Waals surface area contributed by atoms with E-state index in [1.54, 1.807) is 12.1 Å². The van der Waals surface area contributed by atoms with Gasteiger partial charge in [-0.05, 0) is 59.9 Å². The number of nitro groups is 1. The smallest absolute Gasteiger partial charge is 0.258 e. The quantitative estimate of drug-likeness (QED) is 0.596. The standard InChI is InChI=1S/C16H12ClNO2/c1-10-8-12-2-5-13(17)9-15(12)16(10)11-3-6-14(7-4-11)18(19)20/h2-7,9H,8H2,1H3. The highest BCUT2D eigenvalue weighted by atomic mass is 35.5. The fourth-order valence-electron chi connectivity index (χ4n) is 2.69. The predicted molar refractivity (Wildman–Crippen MR) is 79.9 cm³/mol. The third-order valence-electron chi connectivity index (χ3n) is 3.59. The highest BCUT2D eigenvalue weighted by molar-refractivity contribution is 6.30. The van der Waals surface area contributed by atoms with Gasteiger partial charge in [-0.2, -0.15) is 0 Å². The van der Waals surface area contributed by atoms with E-state index in [1.807, 2.05) is 18.2 Å². The lowest BCUT2D eigenvalue weighted by Crippen LogP contribution is -1.90. The van der Waals surface area contributed by atoms with Crippen molar-refractivity contribution in [2.75, 3.05) is 0 Å². The predicted octanol–water partition coefficient (Wildman–Crippen LogP) is 4.63. The molecule has 3 nitrogen and oxygen atoms in total. The number of nitrogens with zero attached hydrogens (tertiary/aromatic N) is 1. The third kappa shape index (κ3) is 2.10. The van der Waals surface area contributed by atoms with E-state index >= 15 is 0 Å². The van der Waals surface area contributed by atoms with E-state index in [1.165, 1.54) is 23.3 Å². The molecule has 0 bridgehead atoms. The van der Waals surface area contributed by atoms with Crippen molar-refractivity contribution in [3.63, 3.8) is 0 Å². The van der Waals surface area contributed by atoms with E-state index in [0.29, 0.717) is 5.02 Å². The molecule has 0 spiro atoms. The monoisotopic (exact) mass is 285 g/mol. The zero-order valence-corrected chi connectivity index (χ0v) is 11.6. The second kappa shape index (κ2) is 4.76. The average molecular weight is 286 g/mol.